The Morgan fingerprint density at radius 2 is 2.04 bits per heavy atom. The number of hydrogen-bond acceptors (Lipinski definition) is 5. The number of fused-ring (bicyclic) bond motifs is 2. The molecule has 3 N–H and O–H groups in total. The molecule has 1 atom stereocenters. The highest BCUT2D eigenvalue weighted by Gasteiger charge is 2.12. The van der Waals surface area contributed by atoms with Crippen LogP contribution < -0.4 is 10.6 Å². The van der Waals surface area contributed by atoms with Gasteiger partial charge in [-0.1, -0.05) is 12.1 Å². The Morgan fingerprint density at radius 3 is 2.89 bits per heavy atom. The molecule has 2 aromatic heterocycles. The Labute approximate surface area is 156 Å². The maximum Gasteiger partial charge on any atom is 0.217 e. The predicted octanol–water partition coefficient (Wildman–Crippen LogP) is 3.32. The summed E-state index contributed by atoms with van der Waals surface area (Å²) in [5.74, 6) is 1.37. The molecule has 0 spiro atoms. The number of aromatic amines is 1. The van der Waals surface area contributed by atoms with Crippen molar-refractivity contribution in [2.45, 2.75) is 26.3 Å². The van der Waals surface area contributed by atoms with E-state index in [0.29, 0.717) is 12.2 Å². The summed E-state index contributed by atoms with van der Waals surface area (Å²) in [4.78, 5) is 20.6. The third-order valence-corrected chi connectivity index (χ3v) is 4.29. The minimum atomic E-state index is -0.0601. The zero-order valence-corrected chi connectivity index (χ0v) is 15.2. The van der Waals surface area contributed by atoms with E-state index >= 15 is 0 Å². The molecule has 0 saturated heterocycles. The van der Waals surface area contributed by atoms with Crippen LogP contribution in [-0.4, -0.2) is 32.1 Å². The number of benzene rings is 2. The Hall–Kier alpha value is -3.48. The van der Waals surface area contributed by atoms with Crippen molar-refractivity contribution in [3.8, 4) is 0 Å². The molecule has 7 nitrogen and oxygen atoms in total. The van der Waals surface area contributed by atoms with Gasteiger partial charge < -0.3 is 10.6 Å². The molecule has 27 heavy (non-hydrogen) atoms. The van der Waals surface area contributed by atoms with Crippen molar-refractivity contribution in [3.63, 3.8) is 0 Å². The summed E-state index contributed by atoms with van der Waals surface area (Å²) in [6, 6.07) is 13.8. The van der Waals surface area contributed by atoms with E-state index in [1.54, 1.807) is 6.20 Å². The standard InChI is InChI=1S/C20H20N6O/c1-12(22-13(2)27)9-19-24-18-6-4-3-5-16(18)20(25-19)23-15-7-8-17-14(10-15)11-21-26-17/h3-8,10-12H,9H2,1-2H3,(H,21,26)(H,22,27)(H,23,24,25). The molecule has 0 bridgehead atoms. The first kappa shape index (κ1) is 17.0. The quantitative estimate of drug-likeness (QED) is 0.507. The minimum absolute atomic E-state index is 0.0428. The molecule has 1 amide bonds. The lowest BCUT2D eigenvalue weighted by Gasteiger charge is -2.14. The molecule has 0 radical (unpaired) electrons. The summed E-state index contributed by atoms with van der Waals surface area (Å²) in [5, 5.41) is 15.3. The largest absolute Gasteiger partial charge is 0.353 e. The summed E-state index contributed by atoms with van der Waals surface area (Å²) in [5.41, 5.74) is 2.77. The third-order valence-electron chi connectivity index (χ3n) is 4.29. The van der Waals surface area contributed by atoms with Crippen LogP contribution >= 0.6 is 0 Å². The van der Waals surface area contributed by atoms with Gasteiger partial charge >= 0.3 is 0 Å². The van der Waals surface area contributed by atoms with Crippen LogP contribution in [0.25, 0.3) is 21.8 Å². The van der Waals surface area contributed by atoms with Crippen LogP contribution in [-0.2, 0) is 11.2 Å². The summed E-state index contributed by atoms with van der Waals surface area (Å²) < 4.78 is 0. The number of carbonyl (C=O) groups is 1. The number of aromatic nitrogens is 4. The van der Waals surface area contributed by atoms with Gasteiger partial charge in [0.15, 0.2) is 0 Å². The molecule has 2 heterocycles. The summed E-state index contributed by atoms with van der Waals surface area (Å²) >= 11 is 0. The lowest BCUT2D eigenvalue weighted by Crippen LogP contribution is -2.32. The molecule has 0 saturated carbocycles. The Kier molecular flexibility index (Phi) is 4.42. The van der Waals surface area contributed by atoms with Gasteiger partial charge in [0.25, 0.3) is 0 Å². The van der Waals surface area contributed by atoms with Gasteiger partial charge in [-0.15, -0.1) is 0 Å². The summed E-state index contributed by atoms with van der Waals surface area (Å²) in [7, 11) is 0. The molecule has 4 aromatic rings. The molecular weight excluding hydrogens is 340 g/mol. The zero-order valence-electron chi connectivity index (χ0n) is 15.2. The maximum absolute atomic E-state index is 11.3. The van der Waals surface area contributed by atoms with Gasteiger partial charge in [0, 0.05) is 35.8 Å². The fraction of sp³-hybridized carbons (Fsp3) is 0.200. The predicted molar refractivity (Wildman–Crippen MR) is 106 cm³/mol. The normalized spacial score (nSPS) is 12.2. The molecule has 0 fully saturated rings. The van der Waals surface area contributed by atoms with Crippen LogP contribution in [0.2, 0.25) is 0 Å². The summed E-state index contributed by atoms with van der Waals surface area (Å²) in [6.07, 6.45) is 2.35. The number of hydrogen-bond donors (Lipinski definition) is 3. The highest BCUT2D eigenvalue weighted by molar-refractivity contribution is 5.92. The first-order valence-electron chi connectivity index (χ1n) is 8.81. The Morgan fingerprint density at radius 1 is 1.19 bits per heavy atom. The molecular formula is C20H20N6O. The van der Waals surface area contributed by atoms with E-state index in [1.807, 2.05) is 49.4 Å². The van der Waals surface area contributed by atoms with Gasteiger partial charge in [-0.3, -0.25) is 9.89 Å². The van der Waals surface area contributed by atoms with Crippen molar-refractivity contribution in [3.05, 3.63) is 54.5 Å². The molecule has 4 rings (SSSR count). The van der Waals surface area contributed by atoms with Crippen molar-refractivity contribution in [1.82, 2.24) is 25.5 Å². The first-order valence-corrected chi connectivity index (χ1v) is 8.81. The van der Waals surface area contributed by atoms with Gasteiger partial charge in [0.1, 0.15) is 11.6 Å². The highest BCUT2D eigenvalue weighted by Crippen LogP contribution is 2.26. The van der Waals surface area contributed by atoms with E-state index < -0.39 is 0 Å². The smallest absolute Gasteiger partial charge is 0.217 e. The van der Waals surface area contributed by atoms with Gasteiger partial charge in [-0.05, 0) is 37.3 Å². The van der Waals surface area contributed by atoms with Gasteiger partial charge in [-0.2, -0.15) is 5.10 Å². The van der Waals surface area contributed by atoms with Gasteiger partial charge in [0.05, 0.1) is 17.2 Å². The Bertz CT molecular complexity index is 1120. The molecule has 0 aliphatic heterocycles. The van der Waals surface area contributed by atoms with Gasteiger partial charge in [-0.25, -0.2) is 9.97 Å². The second-order valence-corrected chi connectivity index (χ2v) is 6.61. The van der Waals surface area contributed by atoms with Crippen LogP contribution in [0.15, 0.2) is 48.7 Å². The van der Waals surface area contributed by atoms with E-state index in [9.17, 15) is 4.79 Å². The second-order valence-electron chi connectivity index (χ2n) is 6.61. The van der Waals surface area contributed by atoms with Crippen molar-refractivity contribution in [2.75, 3.05) is 5.32 Å². The van der Waals surface area contributed by atoms with Crippen molar-refractivity contribution in [1.29, 1.82) is 0 Å². The van der Waals surface area contributed by atoms with Crippen molar-refractivity contribution >= 4 is 39.2 Å². The molecule has 2 aromatic carbocycles. The lowest BCUT2D eigenvalue weighted by molar-refractivity contribution is -0.119. The first-order chi connectivity index (χ1) is 13.1. The van der Waals surface area contributed by atoms with E-state index in [-0.39, 0.29) is 11.9 Å². The third kappa shape index (κ3) is 3.72. The second kappa shape index (κ2) is 7.03. The molecule has 136 valence electrons. The summed E-state index contributed by atoms with van der Waals surface area (Å²) in [6.45, 7) is 3.45. The number of carbonyl (C=O) groups excluding carboxylic acids is 1. The fourth-order valence-electron chi connectivity index (χ4n) is 3.14. The monoisotopic (exact) mass is 360 g/mol. The zero-order chi connectivity index (χ0) is 18.8. The van der Waals surface area contributed by atoms with Gasteiger partial charge in [0.2, 0.25) is 5.91 Å². The molecule has 7 heteroatoms. The lowest BCUT2D eigenvalue weighted by atomic mass is 10.2. The van der Waals surface area contributed by atoms with Crippen LogP contribution in [0, 0.1) is 0 Å². The van der Waals surface area contributed by atoms with E-state index in [2.05, 4.69) is 25.8 Å². The fourth-order valence-corrected chi connectivity index (χ4v) is 3.14. The van der Waals surface area contributed by atoms with Crippen LogP contribution in [0.1, 0.15) is 19.7 Å². The SMILES string of the molecule is CC(=O)NC(C)Cc1nc(Nc2ccc3[nH]ncc3c2)c2ccccc2n1. The molecule has 0 aliphatic rings. The van der Waals surface area contributed by atoms with E-state index in [4.69, 9.17) is 4.98 Å². The number of nitrogens with zero attached hydrogens (tertiary/aromatic N) is 3. The number of nitrogens with one attached hydrogen (secondary N) is 3. The number of H-pyrrole nitrogens is 1. The van der Waals surface area contributed by atoms with E-state index in [0.717, 1.165) is 33.3 Å². The average molecular weight is 360 g/mol. The van der Waals surface area contributed by atoms with Crippen molar-refractivity contribution < 1.29 is 4.79 Å². The maximum atomic E-state index is 11.3. The topological polar surface area (TPSA) is 95.6 Å². The highest BCUT2D eigenvalue weighted by atomic mass is 16.1. The van der Waals surface area contributed by atoms with E-state index in [1.165, 1.54) is 6.92 Å². The average Bonchev–Trinajstić information content (AvgIpc) is 3.08. The number of amides is 1. The van der Waals surface area contributed by atoms with Crippen LogP contribution in [0.4, 0.5) is 11.5 Å². The van der Waals surface area contributed by atoms with Crippen molar-refractivity contribution in [2.24, 2.45) is 0 Å². The Balaban J connectivity index is 1.70. The molecule has 1 unspecified atom stereocenters. The number of rotatable bonds is 5. The number of anilines is 2. The number of para-hydroxylation sites is 1. The van der Waals surface area contributed by atoms with Crippen LogP contribution in [0.5, 0.6) is 0 Å². The van der Waals surface area contributed by atoms with Crippen LogP contribution in [0.3, 0.4) is 0 Å². The molecule has 0 aliphatic carbocycles. The minimum Gasteiger partial charge on any atom is -0.353 e.